The van der Waals surface area contributed by atoms with Crippen molar-refractivity contribution in [2.24, 2.45) is 5.92 Å². The van der Waals surface area contributed by atoms with Crippen LogP contribution >= 0.6 is 0 Å². The zero-order valence-electron chi connectivity index (χ0n) is 13.9. The van der Waals surface area contributed by atoms with Crippen LogP contribution in [0.15, 0.2) is 30.3 Å². The molecule has 2 aliphatic rings. The molecule has 0 unspecified atom stereocenters. The maximum Gasteiger partial charge on any atom is 0.410 e. The number of benzene rings is 1. The second-order valence-electron chi connectivity index (χ2n) is 6.24. The fraction of sp³-hybridized carbons (Fsp3) is 0.556. The number of ether oxygens (including phenoxy) is 2. The fourth-order valence-corrected chi connectivity index (χ4v) is 3.12. The minimum atomic E-state index is -0.308. The van der Waals surface area contributed by atoms with E-state index in [0.29, 0.717) is 39.4 Å². The summed E-state index contributed by atoms with van der Waals surface area (Å²) >= 11 is 0. The minimum absolute atomic E-state index is 0.0790. The van der Waals surface area contributed by atoms with Crippen LogP contribution in [0.5, 0.6) is 0 Å². The molecule has 2 aliphatic heterocycles. The second-order valence-corrected chi connectivity index (χ2v) is 6.24. The van der Waals surface area contributed by atoms with Gasteiger partial charge in [-0.3, -0.25) is 4.79 Å². The molecule has 24 heavy (non-hydrogen) atoms. The summed E-state index contributed by atoms with van der Waals surface area (Å²) in [4.78, 5) is 28.2. The summed E-state index contributed by atoms with van der Waals surface area (Å²) in [5.41, 5.74) is 0.971. The molecule has 130 valence electrons. The molecule has 0 spiro atoms. The number of rotatable bonds is 3. The highest BCUT2D eigenvalue weighted by molar-refractivity contribution is 5.79. The van der Waals surface area contributed by atoms with Gasteiger partial charge >= 0.3 is 6.09 Å². The largest absolute Gasteiger partial charge is 0.445 e. The van der Waals surface area contributed by atoms with Crippen LogP contribution in [0, 0.1) is 5.92 Å². The number of hydrogen-bond donors (Lipinski definition) is 0. The van der Waals surface area contributed by atoms with Crippen LogP contribution in [0.4, 0.5) is 4.79 Å². The van der Waals surface area contributed by atoms with E-state index in [2.05, 4.69) is 0 Å². The van der Waals surface area contributed by atoms with E-state index >= 15 is 0 Å². The number of carbonyl (C=O) groups is 2. The van der Waals surface area contributed by atoms with Gasteiger partial charge in [-0.15, -0.1) is 0 Å². The number of hydrogen-bond acceptors (Lipinski definition) is 4. The van der Waals surface area contributed by atoms with Crippen molar-refractivity contribution in [3.63, 3.8) is 0 Å². The number of piperazine rings is 1. The van der Waals surface area contributed by atoms with Crippen LogP contribution in [0.25, 0.3) is 0 Å². The predicted octanol–water partition coefficient (Wildman–Crippen LogP) is 1.89. The molecule has 0 bridgehead atoms. The van der Waals surface area contributed by atoms with E-state index in [-0.39, 0.29) is 24.5 Å². The normalized spacial score (nSPS) is 19.2. The Labute approximate surface area is 142 Å². The molecule has 0 saturated carbocycles. The molecule has 1 aromatic rings. The molecule has 0 N–H and O–H groups in total. The number of carbonyl (C=O) groups excluding carboxylic acids is 2. The van der Waals surface area contributed by atoms with Crippen molar-refractivity contribution in [1.82, 2.24) is 9.80 Å². The third-order valence-corrected chi connectivity index (χ3v) is 4.63. The molecule has 3 rings (SSSR count). The zero-order chi connectivity index (χ0) is 16.8. The molecule has 1 aromatic carbocycles. The maximum atomic E-state index is 12.5. The number of amides is 2. The van der Waals surface area contributed by atoms with Crippen molar-refractivity contribution < 1.29 is 19.1 Å². The summed E-state index contributed by atoms with van der Waals surface area (Å²) in [7, 11) is 0. The molecule has 6 heteroatoms. The van der Waals surface area contributed by atoms with Gasteiger partial charge < -0.3 is 19.3 Å². The first-order valence-electron chi connectivity index (χ1n) is 8.56. The van der Waals surface area contributed by atoms with E-state index < -0.39 is 0 Å². The van der Waals surface area contributed by atoms with Crippen molar-refractivity contribution in [3.05, 3.63) is 35.9 Å². The van der Waals surface area contributed by atoms with Crippen molar-refractivity contribution in [2.45, 2.75) is 19.4 Å². The van der Waals surface area contributed by atoms with Crippen molar-refractivity contribution >= 4 is 12.0 Å². The van der Waals surface area contributed by atoms with E-state index in [9.17, 15) is 9.59 Å². The van der Waals surface area contributed by atoms with Crippen LogP contribution in [0.3, 0.4) is 0 Å². The van der Waals surface area contributed by atoms with Gasteiger partial charge in [0.25, 0.3) is 0 Å². The fourth-order valence-electron chi connectivity index (χ4n) is 3.12. The lowest BCUT2D eigenvalue weighted by Gasteiger charge is -2.36. The van der Waals surface area contributed by atoms with Gasteiger partial charge in [-0.1, -0.05) is 30.3 Å². The summed E-state index contributed by atoms with van der Waals surface area (Å²) < 4.78 is 10.7. The summed E-state index contributed by atoms with van der Waals surface area (Å²) in [5, 5.41) is 0. The smallest absolute Gasteiger partial charge is 0.410 e. The van der Waals surface area contributed by atoms with E-state index in [1.807, 2.05) is 35.2 Å². The highest BCUT2D eigenvalue weighted by Gasteiger charge is 2.30. The summed E-state index contributed by atoms with van der Waals surface area (Å²) in [6.45, 7) is 3.84. The first-order chi connectivity index (χ1) is 11.7. The third-order valence-electron chi connectivity index (χ3n) is 4.63. The van der Waals surface area contributed by atoms with E-state index in [0.717, 1.165) is 18.4 Å². The Kier molecular flexibility index (Phi) is 5.69. The van der Waals surface area contributed by atoms with Gasteiger partial charge in [0.15, 0.2) is 0 Å². The minimum Gasteiger partial charge on any atom is -0.445 e. The van der Waals surface area contributed by atoms with E-state index in [1.165, 1.54) is 0 Å². The third kappa shape index (κ3) is 4.26. The van der Waals surface area contributed by atoms with Crippen LogP contribution < -0.4 is 0 Å². The molecule has 2 fully saturated rings. The van der Waals surface area contributed by atoms with Crippen molar-refractivity contribution in [2.75, 3.05) is 39.4 Å². The molecule has 2 saturated heterocycles. The highest BCUT2D eigenvalue weighted by atomic mass is 16.6. The van der Waals surface area contributed by atoms with Crippen molar-refractivity contribution in [1.29, 1.82) is 0 Å². The summed E-state index contributed by atoms with van der Waals surface area (Å²) in [6.07, 6.45) is 1.30. The summed E-state index contributed by atoms with van der Waals surface area (Å²) in [6, 6.07) is 9.63. The Morgan fingerprint density at radius 2 is 1.62 bits per heavy atom. The quantitative estimate of drug-likeness (QED) is 0.848. The Morgan fingerprint density at radius 1 is 1.00 bits per heavy atom. The van der Waals surface area contributed by atoms with Gasteiger partial charge in [-0.05, 0) is 18.4 Å². The molecular formula is C18H24N2O4. The van der Waals surface area contributed by atoms with E-state index in [4.69, 9.17) is 9.47 Å². The monoisotopic (exact) mass is 332 g/mol. The van der Waals surface area contributed by atoms with E-state index in [1.54, 1.807) is 4.90 Å². The van der Waals surface area contributed by atoms with Crippen LogP contribution in [-0.2, 0) is 20.9 Å². The Hall–Kier alpha value is -2.08. The average molecular weight is 332 g/mol. The van der Waals surface area contributed by atoms with Gasteiger partial charge in [0.1, 0.15) is 6.61 Å². The topological polar surface area (TPSA) is 59.1 Å². The molecule has 2 heterocycles. The molecule has 0 aromatic heterocycles. The highest BCUT2D eigenvalue weighted by Crippen LogP contribution is 2.19. The Balaban J connectivity index is 1.42. The molecule has 2 amide bonds. The van der Waals surface area contributed by atoms with Gasteiger partial charge in [0.2, 0.25) is 5.91 Å². The van der Waals surface area contributed by atoms with Crippen LogP contribution in [0.2, 0.25) is 0 Å². The first-order valence-corrected chi connectivity index (χ1v) is 8.56. The second kappa shape index (κ2) is 8.15. The summed E-state index contributed by atoms with van der Waals surface area (Å²) in [5.74, 6) is 0.283. The van der Waals surface area contributed by atoms with Gasteiger partial charge in [-0.25, -0.2) is 4.79 Å². The predicted molar refractivity (Wildman–Crippen MR) is 88.3 cm³/mol. The lowest BCUT2D eigenvalue weighted by molar-refractivity contribution is -0.140. The molecule has 0 aliphatic carbocycles. The zero-order valence-corrected chi connectivity index (χ0v) is 13.9. The lowest BCUT2D eigenvalue weighted by Crippen LogP contribution is -2.52. The SMILES string of the molecule is O=C(OCc1ccccc1)N1CCN(C(=O)C2CCOCC2)CC1. The Morgan fingerprint density at radius 3 is 2.29 bits per heavy atom. The lowest BCUT2D eigenvalue weighted by atomic mass is 9.98. The molecule has 6 nitrogen and oxygen atoms in total. The number of nitrogens with zero attached hydrogens (tertiary/aromatic N) is 2. The average Bonchev–Trinajstić information content (AvgIpc) is 2.67. The molecule has 0 atom stereocenters. The molecule has 0 radical (unpaired) electrons. The standard InChI is InChI=1S/C18H24N2O4/c21-17(16-6-12-23-13-7-16)19-8-10-20(11-9-19)18(22)24-14-15-4-2-1-3-5-15/h1-5,16H,6-14H2. The van der Waals surface area contributed by atoms with Crippen LogP contribution in [0.1, 0.15) is 18.4 Å². The maximum absolute atomic E-state index is 12.5. The van der Waals surface area contributed by atoms with Crippen LogP contribution in [-0.4, -0.2) is 61.2 Å². The Bertz CT molecular complexity index is 549. The van der Waals surface area contributed by atoms with Gasteiger partial charge in [0.05, 0.1) is 0 Å². The first kappa shape index (κ1) is 16.8. The van der Waals surface area contributed by atoms with Gasteiger partial charge in [0, 0.05) is 45.3 Å². The molecular weight excluding hydrogens is 308 g/mol. The van der Waals surface area contributed by atoms with Gasteiger partial charge in [-0.2, -0.15) is 0 Å². The van der Waals surface area contributed by atoms with Crippen molar-refractivity contribution in [3.8, 4) is 0 Å².